The highest BCUT2D eigenvalue weighted by molar-refractivity contribution is 6.33. The monoisotopic (exact) mass is 591 g/mol. The maximum atomic E-state index is 15.1. The summed E-state index contributed by atoms with van der Waals surface area (Å²) in [6, 6.07) is 12.9. The molecule has 1 atom stereocenters. The lowest BCUT2D eigenvalue weighted by Gasteiger charge is -2.41. The Bertz CT molecular complexity index is 1530. The summed E-state index contributed by atoms with van der Waals surface area (Å²) in [4.78, 5) is 39.7. The minimum atomic E-state index is -0.711. The topological polar surface area (TPSA) is 89.3 Å². The van der Waals surface area contributed by atoms with Crippen LogP contribution in [-0.4, -0.2) is 70.8 Å². The number of amides is 2. The molecule has 10 heteroatoms. The first-order chi connectivity index (χ1) is 19.9. The van der Waals surface area contributed by atoms with Gasteiger partial charge in [0.05, 0.1) is 27.5 Å². The van der Waals surface area contributed by atoms with Crippen molar-refractivity contribution in [3.8, 4) is 17.0 Å². The predicted octanol–water partition coefficient (Wildman–Crippen LogP) is 5.93. The van der Waals surface area contributed by atoms with Gasteiger partial charge in [-0.2, -0.15) is 0 Å². The Hall–Kier alpha value is -4.24. The molecular formula is C32H35ClFN5O3. The second-order valence-corrected chi connectivity index (χ2v) is 11.6. The van der Waals surface area contributed by atoms with Gasteiger partial charge in [-0.05, 0) is 48.2 Å². The van der Waals surface area contributed by atoms with E-state index < -0.39 is 5.82 Å². The van der Waals surface area contributed by atoms with Gasteiger partial charge in [0.1, 0.15) is 17.4 Å². The first-order valence-electron chi connectivity index (χ1n) is 13.6. The molecule has 0 saturated carbocycles. The molecule has 1 unspecified atom stereocenters. The van der Waals surface area contributed by atoms with Crippen LogP contribution in [0.15, 0.2) is 66.2 Å². The van der Waals surface area contributed by atoms with E-state index in [0.717, 1.165) is 5.56 Å². The third kappa shape index (κ3) is 5.87. The third-order valence-electron chi connectivity index (χ3n) is 7.33. The fourth-order valence-electron chi connectivity index (χ4n) is 5.29. The van der Waals surface area contributed by atoms with E-state index in [1.807, 2.05) is 56.9 Å². The fraction of sp³-hybridized carbons (Fsp3) is 0.312. The second kappa shape index (κ2) is 12.3. The number of rotatable bonds is 6. The number of phenols is 1. The number of nitrogens with zero attached hydrogens (tertiary/aromatic N) is 5. The molecule has 1 aliphatic rings. The standard InChI is InChI=1S/C32H35ClFN5O3/c1-7-27(42)37-15-16-38(20(2)18-37)30(35-6)21-17-23(33)29(28-24(34)12-10-14-26(28)41)36-31(21)39(19-40)25-13-9-8-11-22(25)32(3,4)5/h7-14,17,19-20,41H,1,15-16,18H2,2-6H3. The molecule has 0 bridgehead atoms. The van der Waals surface area contributed by atoms with Crippen LogP contribution in [0.5, 0.6) is 5.75 Å². The van der Waals surface area contributed by atoms with Gasteiger partial charge >= 0.3 is 0 Å². The van der Waals surface area contributed by atoms with E-state index in [0.29, 0.717) is 43.1 Å². The number of benzene rings is 2. The third-order valence-corrected chi connectivity index (χ3v) is 7.62. The molecule has 2 heterocycles. The summed E-state index contributed by atoms with van der Waals surface area (Å²) in [5, 5.41) is 10.7. The number of phenolic OH excluding ortho intramolecular Hbond substituents is 1. The zero-order valence-corrected chi connectivity index (χ0v) is 25.2. The van der Waals surface area contributed by atoms with Gasteiger partial charge in [0, 0.05) is 32.7 Å². The SMILES string of the molecule is C=CC(=O)N1CCN(C(=NC)c2cc(Cl)c(-c3c(O)cccc3F)nc2N(C=O)c2ccccc2C(C)(C)C)C(C)C1. The first-order valence-corrected chi connectivity index (χ1v) is 14.0. The highest BCUT2D eigenvalue weighted by Gasteiger charge is 2.33. The van der Waals surface area contributed by atoms with Gasteiger partial charge in [-0.3, -0.25) is 19.5 Å². The summed E-state index contributed by atoms with van der Waals surface area (Å²) in [6.45, 7) is 13.0. The number of para-hydroxylation sites is 1. The fourth-order valence-corrected chi connectivity index (χ4v) is 5.54. The number of aromatic nitrogens is 1. The molecule has 1 saturated heterocycles. The Morgan fingerprint density at radius 1 is 1.21 bits per heavy atom. The number of hydrogen-bond donors (Lipinski definition) is 1. The molecule has 2 aromatic carbocycles. The van der Waals surface area contributed by atoms with Crippen molar-refractivity contribution in [2.45, 2.75) is 39.2 Å². The smallest absolute Gasteiger partial charge is 0.246 e. The molecule has 4 rings (SSSR count). The molecule has 2 amide bonds. The van der Waals surface area contributed by atoms with Gasteiger partial charge < -0.3 is 14.9 Å². The van der Waals surface area contributed by atoms with E-state index in [2.05, 4.69) is 11.6 Å². The summed E-state index contributed by atoms with van der Waals surface area (Å²) in [6.07, 6.45) is 1.96. The van der Waals surface area contributed by atoms with E-state index in [1.165, 1.54) is 29.2 Å². The van der Waals surface area contributed by atoms with Gasteiger partial charge in [0.25, 0.3) is 0 Å². The number of carbonyl (C=O) groups is 2. The molecular weight excluding hydrogens is 557 g/mol. The van der Waals surface area contributed by atoms with Crippen molar-refractivity contribution in [2.24, 2.45) is 4.99 Å². The van der Waals surface area contributed by atoms with Crippen molar-refractivity contribution in [2.75, 3.05) is 31.6 Å². The van der Waals surface area contributed by atoms with E-state index in [9.17, 15) is 14.7 Å². The molecule has 1 aliphatic heterocycles. The quantitative estimate of drug-likeness (QED) is 0.166. The minimum Gasteiger partial charge on any atom is -0.507 e. The molecule has 0 spiro atoms. The maximum absolute atomic E-state index is 15.1. The molecule has 1 N–H and O–H groups in total. The van der Waals surface area contributed by atoms with E-state index in [4.69, 9.17) is 16.6 Å². The number of hydrogen-bond acceptors (Lipinski definition) is 5. The number of carbonyl (C=O) groups excluding carboxylic acids is 2. The minimum absolute atomic E-state index is 0.0176. The van der Waals surface area contributed by atoms with Crippen LogP contribution >= 0.6 is 11.6 Å². The Balaban J connectivity index is 1.96. The summed E-state index contributed by atoms with van der Waals surface area (Å²) in [5.41, 5.74) is 1.38. The van der Waals surface area contributed by atoms with Crippen LogP contribution in [0.1, 0.15) is 38.8 Å². The van der Waals surface area contributed by atoms with Crippen molar-refractivity contribution in [3.63, 3.8) is 0 Å². The van der Waals surface area contributed by atoms with Crippen molar-refractivity contribution >= 4 is 41.3 Å². The van der Waals surface area contributed by atoms with Gasteiger partial charge in [0.15, 0.2) is 5.82 Å². The maximum Gasteiger partial charge on any atom is 0.246 e. The lowest BCUT2D eigenvalue weighted by molar-refractivity contribution is -0.128. The van der Waals surface area contributed by atoms with Crippen LogP contribution in [0.4, 0.5) is 15.9 Å². The molecule has 1 aromatic heterocycles. The van der Waals surface area contributed by atoms with E-state index in [1.54, 1.807) is 18.0 Å². The molecule has 220 valence electrons. The zero-order chi connectivity index (χ0) is 30.8. The van der Waals surface area contributed by atoms with Crippen LogP contribution in [0.2, 0.25) is 5.02 Å². The van der Waals surface area contributed by atoms with Gasteiger partial charge in [-0.15, -0.1) is 0 Å². The van der Waals surface area contributed by atoms with Crippen LogP contribution in [0.3, 0.4) is 0 Å². The molecule has 8 nitrogen and oxygen atoms in total. The molecule has 3 aromatic rings. The van der Waals surface area contributed by atoms with Crippen LogP contribution in [-0.2, 0) is 15.0 Å². The normalized spacial score (nSPS) is 15.9. The Morgan fingerprint density at radius 3 is 2.52 bits per heavy atom. The predicted molar refractivity (Wildman–Crippen MR) is 165 cm³/mol. The molecule has 0 radical (unpaired) electrons. The molecule has 42 heavy (non-hydrogen) atoms. The van der Waals surface area contributed by atoms with Crippen molar-refractivity contribution < 1.29 is 19.1 Å². The number of aromatic hydroxyl groups is 1. The average Bonchev–Trinajstić information content (AvgIpc) is 2.95. The molecule has 0 aliphatic carbocycles. The Labute approximate surface area is 250 Å². The summed E-state index contributed by atoms with van der Waals surface area (Å²) in [5.74, 6) is -0.529. The van der Waals surface area contributed by atoms with Gasteiger partial charge in [-0.25, -0.2) is 9.37 Å². The first kappa shape index (κ1) is 30.7. The van der Waals surface area contributed by atoms with Crippen molar-refractivity contribution in [1.82, 2.24) is 14.8 Å². The number of anilines is 2. The zero-order valence-electron chi connectivity index (χ0n) is 24.4. The highest BCUT2D eigenvalue weighted by Crippen LogP contribution is 2.41. The van der Waals surface area contributed by atoms with E-state index in [-0.39, 0.29) is 45.2 Å². The summed E-state index contributed by atoms with van der Waals surface area (Å²) in [7, 11) is 1.63. The van der Waals surface area contributed by atoms with Gasteiger partial charge in [0.2, 0.25) is 12.3 Å². The van der Waals surface area contributed by atoms with Crippen molar-refractivity contribution in [1.29, 1.82) is 0 Å². The lowest BCUT2D eigenvalue weighted by Crippen LogP contribution is -2.55. The number of amidine groups is 1. The van der Waals surface area contributed by atoms with Crippen LogP contribution in [0.25, 0.3) is 11.3 Å². The Morgan fingerprint density at radius 2 is 1.93 bits per heavy atom. The molecule has 1 fully saturated rings. The number of pyridine rings is 1. The lowest BCUT2D eigenvalue weighted by atomic mass is 9.85. The average molecular weight is 592 g/mol. The van der Waals surface area contributed by atoms with Crippen LogP contribution in [0, 0.1) is 5.82 Å². The Kier molecular flexibility index (Phi) is 9.01. The van der Waals surface area contributed by atoms with Gasteiger partial charge in [-0.1, -0.05) is 63.2 Å². The number of halogens is 2. The van der Waals surface area contributed by atoms with Crippen LogP contribution < -0.4 is 4.90 Å². The van der Waals surface area contributed by atoms with Crippen molar-refractivity contribution in [3.05, 3.63) is 83.2 Å². The summed E-state index contributed by atoms with van der Waals surface area (Å²) >= 11 is 6.75. The second-order valence-electron chi connectivity index (χ2n) is 11.1. The van der Waals surface area contributed by atoms with E-state index >= 15 is 4.39 Å². The number of aliphatic imine (C=N–C) groups is 1. The number of piperazine rings is 1. The highest BCUT2D eigenvalue weighted by atomic mass is 35.5. The largest absolute Gasteiger partial charge is 0.507 e. The summed E-state index contributed by atoms with van der Waals surface area (Å²) < 4.78 is 15.1.